The highest BCUT2D eigenvalue weighted by Crippen LogP contribution is 2.38. The molecule has 3 heterocycles. The van der Waals surface area contributed by atoms with E-state index in [1.165, 1.54) is 40.7 Å². The number of nitrogens with zero attached hydrogens (tertiary/aromatic N) is 1. The molecular weight excluding hydrogens is 356 g/mol. The predicted molar refractivity (Wildman–Crippen MR) is 120 cm³/mol. The molecule has 2 aromatic carbocycles. The van der Waals surface area contributed by atoms with Crippen LogP contribution in [0.2, 0.25) is 0 Å². The van der Waals surface area contributed by atoms with E-state index in [1.807, 2.05) is 12.4 Å². The molecule has 4 heteroatoms. The van der Waals surface area contributed by atoms with E-state index >= 15 is 0 Å². The Morgan fingerprint density at radius 1 is 0.897 bits per heavy atom. The summed E-state index contributed by atoms with van der Waals surface area (Å²) in [4.78, 5) is 7.67. The van der Waals surface area contributed by atoms with Crippen LogP contribution in [-0.2, 0) is 6.54 Å². The Morgan fingerprint density at radius 2 is 1.69 bits per heavy atom. The molecule has 0 atom stereocenters. The lowest BCUT2D eigenvalue weighted by Gasteiger charge is -2.26. The quantitative estimate of drug-likeness (QED) is 0.474. The van der Waals surface area contributed by atoms with Gasteiger partial charge >= 0.3 is 0 Å². The molecule has 0 bridgehead atoms. The number of nitrogens with two attached hydrogens (primary N) is 1. The smallest absolute Gasteiger partial charge is 0.137 e. The highest BCUT2D eigenvalue weighted by atomic mass is 14.9. The van der Waals surface area contributed by atoms with Crippen molar-refractivity contribution in [3.8, 4) is 22.3 Å². The first-order valence-corrected chi connectivity index (χ1v) is 10.4. The van der Waals surface area contributed by atoms with Gasteiger partial charge in [0.05, 0.1) is 0 Å². The zero-order chi connectivity index (χ0) is 19.6. The summed E-state index contributed by atoms with van der Waals surface area (Å²) in [6, 6.07) is 19.9. The molecule has 1 aliphatic rings. The summed E-state index contributed by atoms with van der Waals surface area (Å²) in [7, 11) is 0. The molecule has 4 aromatic rings. The molecule has 5 rings (SSSR count). The van der Waals surface area contributed by atoms with Crippen LogP contribution in [0.5, 0.6) is 0 Å². The van der Waals surface area contributed by atoms with Gasteiger partial charge in [0.15, 0.2) is 0 Å². The van der Waals surface area contributed by atoms with E-state index in [1.54, 1.807) is 0 Å². The van der Waals surface area contributed by atoms with Crippen LogP contribution in [0.4, 0.5) is 0 Å². The second kappa shape index (κ2) is 7.82. The van der Waals surface area contributed by atoms with Crippen molar-refractivity contribution >= 4 is 11.0 Å². The zero-order valence-corrected chi connectivity index (χ0v) is 16.5. The standard InChI is InChI=1S/C25H26N4/c26-16-17-1-3-18(4-2-17)24-15-20(5-6-21(24)19-7-11-27-12-8-19)22-9-13-28-25-23(22)10-14-29-25/h1-6,9-10,13-15,19,27H,7-8,11-12,16,26H2,(H,28,29). The van der Waals surface area contributed by atoms with E-state index in [2.05, 4.69) is 69.9 Å². The zero-order valence-electron chi connectivity index (χ0n) is 16.5. The van der Waals surface area contributed by atoms with Gasteiger partial charge in [0.1, 0.15) is 5.65 Å². The van der Waals surface area contributed by atoms with E-state index in [0.29, 0.717) is 12.5 Å². The molecule has 0 radical (unpaired) electrons. The van der Waals surface area contributed by atoms with Gasteiger partial charge in [-0.1, -0.05) is 36.4 Å². The lowest BCUT2D eigenvalue weighted by molar-refractivity contribution is 0.461. The maximum Gasteiger partial charge on any atom is 0.137 e. The van der Waals surface area contributed by atoms with Crippen LogP contribution >= 0.6 is 0 Å². The number of aromatic nitrogens is 2. The first-order valence-electron chi connectivity index (χ1n) is 10.4. The van der Waals surface area contributed by atoms with Crippen molar-refractivity contribution in [2.45, 2.75) is 25.3 Å². The van der Waals surface area contributed by atoms with Crippen molar-refractivity contribution in [3.63, 3.8) is 0 Å². The first kappa shape index (κ1) is 18.1. The number of rotatable bonds is 4. The molecule has 4 nitrogen and oxygen atoms in total. The summed E-state index contributed by atoms with van der Waals surface area (Å²) in [6.45, 7) is 2.75. The summed E-state index contributed by atoms with van der Waals surface area (Å²) < 4.78 is 0. The Hall–Kier alpha value is -2.95. The molecule has 0 aliphatic carbocycles. The number of benzene rings is 2. The molecule has 2 aromatic heterocycles. The SMILES string of the molecule is NCc1ccc(-c2cc(-c3ccnc4[nH]ccc34)ccc2C2CCNCC2)cc1. The fourth-order valence-corrected chi connectivity index (χ4v) is 4.50. The van der Waals surface area contributed by atoms with Crippen LogP contribution in [0.3, 0.4) is 0 Å². The Bertz CT molecular complexity index is 1120. The van der Waals surface area contributed by atoms with Gasteiger partial charge in [-0.25, -0.2) is 4.98 Å². The molecule has 0 unspecified atom stereocenters. The van der Waals surface area contributed by atoms with E-state index in [0.717, 1.165) is 29.7 Å². The van der Waals surface area contributed by atoms with Crippen LogP contribution < -0.4 is 11.1 Å². The van der Waals surface area contributed by atoms with Crippen molar-refractivity contribution < 1.29 is 0 Å². The number of piperidine rings is 1. The average Bonchev–Trinajstić information content (AvgIpc) is 3.28. The largest absolute Gasteiger partial charge is 0.346 e. The van der Waals surface area contributed by atoms with Gasteiger partial charge in [0.2, 0.25) is 0 Å². The summed E-state index contributed by atoms with van der Waals surface area (Å²) in [5, 5.41) is 4.65. The molecule has 1 fully saturated rings. The van der Waals surface area contributed by atoms with E-state index < -0.39 is 0 Å². The summed E-state index contributed by atoms with van der Waals surface area (Å²) in [5.41, 5.74) is 14.4. The Morgan fingerprint density at radius 3 is 2.48 bits per heavy atom. The number of H-pyrrole nitrogens is 1. The summed E-state index contributed by atoms with van der Waals surface area (Å²) >= 11 is 0. The van der Waals surface area contributed by atoms with Crippen molar-refractivity contribution in [1.29, 1.82) is 0 Å². The molecule has 0 amide bonds. The third kappa shape index (κ3) is 3.46. The molecule has 1 aliphatic heterocycles. The van der Waals surface area contributed by atoms with Crippen LogP contribution in [0.15, 0.2) is 67.0 Å². The van der Waals surface area contributed by atoms with E-state index in [9.17, 15) is 0 Å². The number of pyridine rings is 1. The fraction of sp³-hybridized carbons (Fsp3) is 0.240. The molecule has 0 saturated carbocycles. The minimum atomic E-state index is 0.573. The lowest BCUT2D eigenvalue weighted by Crippen LogP contribution is -2.26. The molecule has 4 N–H and O–H groups in total. The van der Waals surface area contributed by atoms with Gasteiger partial charge in [0, 0.05) is 24.3 Å². The lowest BCUT2D eigenvalue weighted by atomic mass is 9.83. The topological polar surface area (TPSA) is 66.7 Å². The minimum absolute atomic E-state index is 0.573. The minimum Gasteiger partial charge on any atom is -0.346 e. The Kier molecular flexibility index (Phi) is 4.88. The normalized spacial score (nSPS) is 15.1. The van der Waals surface area contributed by atoms with Crippen LogP contribution in [0.1, 0.15) is 29.9 Å². The Labute approximate surface area is 171 Å². The van der Waals surface area contributed by atoms with Crippen molar-refractivity contribution in [1.82, 2.24) is 15.3 Å². The number of hydrogen-bond acceptors (Lipinski definition) is 3. The third-order valence-corrected chi connectivity index (χ3v) is 6.10. The van der Waals surface area contributed by atoms with Gasteiger partial charge in [0.25, 0.3) is 0 Å². The van der Waals surface area contributed by atoms with E-state index in [4.69, 9.17) is 5.73 Å². The highest BCUT2D eigenvalue weighted by Gasteiger charge is 2.20. The molecule has 146 valence electrons. The van der Waals surface area contributed by atoms with Gasteiger partial charge in [-0.2, -0.15) is 0 Å². The number of fused-ring (bicyclic) bond motifs is 1. The van der Waals surface area contributed by atoms with Crippen LogP contribution in [0, 0.1) is 0 Å². The predicted octanol–water partition coefficient (Wildman–Crippen LogP) is 4.82. The van der Waals surface area contributed by atoms with Crippen LogP contribution in [-0.4, -0.2) is 23.1 Å². The average molecular weight is 383 g/mol. The highest BCUT2D eigenvalue weighted by molar-refractivity contribution is 5.94. The number of hydrogen-bond donors (Lipinski definition) is 3. The second-order valence-corrected chi connectivity index (χ2v) is 7.83. The van der Waals surface area contributed by atoms with Crippen molar-refractivity contribution in [2.75, 3.05) is 13.1 Å². The number of nitrogens with one attached hydrogen (secondary N) is 2. The maximum absolute atomic E-state index is 5.81. The van der Waals surface area contributed by atoms with Crippen LogP contribution in [0.25, 0.3) is 33.3 Å². The van der Waals surface area contributed by atoms with Gasteiger partial charge in [-0.3, -0.25) is 0 Å². The first-order chi connectivity index (χ1) is 14.3. The van der Waals surface area contributed by atoms with Gasteiger partial charge in [-0.05, 0) is 83.4 Å². The third-order valence-electron chi connectivity index (χ3n) is 6.10. The summed E-state index contributed by atoms with van der Waals surface area (Å²) in [6.07, 6.45) is 6.21. The molecule has 29 heavy (non-hydrogen) atoms. The Balaban J connectivity index is 1.65. The molecule has 0 spiro atoms. The van der Waals surface area contributed by atoms with E-state index in [-0.39, 0.29) is 0 Å². The molecular formula is C25H26N4. The summed E-state index contributed by atoms with van der Waals surface area (Å²) in [5.74, 6) is 0.596. The second-order valence-electron chi connectivity index (χ2n) is 7.83. The fourth-order valence-electron chi connectivity index (χ4n) is 4.50. The monoisotopic (exact) mass is 382 g/mol. The van der Waals surface area contributed by atoms with Crippen molar-refractivity contribution in [2.24, 2.45) is 5.73 Å². The van der Waals surface area contributed by atoms with Gasteiger partial charge in [-0.15, -0.1) is 0 Å². The maximum atomic E-state index is 5.81. The number of aromatic amines is 1. The molecule has 1 saturated heterocycles. The van der Waals surface area contributed by atoms with Crippen molar-refractivity contribution in [3.05, 3.63) is 78.1 Å². The van der Waals surface area contributed by atoms with Gasteiger partial charge < -0.3 is 16.0 Å².